The fourth-order valence-corrected chi connectivity index (χ4v) is 5.34. The Bertz CT molecular complexity index is 1770. The van der Waals surface area contributed by atoms with Crippen LogP contribution >= 0.6 is 22.6 Å². The third-order valence-electron chi connectivity index (χ3n) is 6.60. The fraction of sp³-hybridized carbons (Fsp3) is 0.143. The number of nitrogens with zero attached hydrogens (tertiary/aromatic N) is 2. The monoisotopic (exact) mass is 610 g/mol. The zero-order chi connectivity index (χ0) is 26.4. The molecule has 0 saturated carbocycles. The van der Waals surface area contributed by atoms with E-state index in [1.165, 1.54) is 11.8 Å². The summed E-state index contributed by atoms with van der Waals surface area (Å²) in [4.78, 5) is 27.4. The SMILES string of the molecule is COc1cc(C(c2c(O)c3ccccc3oc2=O)c2c(C)n(C)n(-c3ccccc3)c2=O)cc(I)c1O. The van der Waals surface area contributed by atoms with Crippen LogP contribution in [-0.2, 0) is 7.05 Å². The largest absolute Gasteiger partial charge is 0.507 e. The number of fused-ring (bicyclic) bond motifs is 1. The molecule has 188 valence electrons. The van der Waals surface area contributed by atoms with Gasteiger partial charge in [0.25, 0.3) is 5.56 Å². The molecule has 5 aromatic rings. The molecule has 0 aliphatic heterocycles. The molecule has 37 heavy (non-hydrogen) atoms. The number of ether oxygens (including phenoxy) is 1. The first-order chi connectivity index (χ1) is 17.7. The van der Waals surface area contributed by atoms with Gasteiger partial charge in [-0.15, -0.1) is 0 Å². The molecule has 2 N–H and O–H groups in total. The molecule has 9 heteroatoms. The van der Waals surface area contributed by atoms with Crippen LogP contribution in [0.15, 0.2) is 80.7 Å². The third-order valence-corrected chi connectivity index (χ3v) is 7.42. The number of aromatic nitrogens is 2. The highest BCUT2D eigenvalue weighted by Crippen LogP contribution is 2.42. The van der Waals surface area contributed by atoms with Crippen molar-refractivity contribution in [1.29, 1.82) is 0 Å². The average molecular weight is 610 g/mol. The van der Waals surface area contributed by atoms with Gasteiger partial charge in [0.1, 0.15) is 11.3 Å². The minimum atomic E-state index is -1.02. The maximum absolute atomic E-state index is 14.0. The first-order valence-electron chi connectivity index (χ1n) is 11.4. The molecule has 1 atom stereocenters. The molecule has 3 aromatic carbocycles. The molecule has 2 heterocycles. The Morgan fingerprint density at radius 3 is 2.32 bits per heavy atom. The van der Waals surface area contributed by atoms with Crippen molar-refractivity contribution >= 4 is 33.6 Å². The summed E-state index contributed by atoms with van der Waals surface area (Å²) in [5.74, 6) is -1.18. The van der Waals surface area contributed by atoms with Gasteiger partial charge in [-0.25, -0.2) is 9.48 Å². The standard InChI is InChI=1S/C28H23IN2O6/c1-15-22(27(34)31(30(15)2)17-9-5-4-6-10-17)23(16-13-19(29)26(33)21(14-16)36-3)24-25(32)18-11-7-8-12-20(18)37-28(24)35/h4-14,23,32-33H,1-3H3. The quantitative estimate of drug-likeness (QED) is 0.219. The molecule has 0 amide bonds. The van der Waals surface area contributed by atoms with Crippen LogP contribution in [0.1, 0.15) is 28.3 Å². The number of halogens is 1. The summed E-state index contributed by atoms with van der Waals surface area (Å²) in [7, 11) is 3.18. The minimum absolute atomic E-state index is 0.0631. The molecule has 8 nitrogen and oxygen atoms in total. The van der Waals surface area contributed by atoms with Crippen molar-refractivity contribution in [2.45, 2.75) is 12.8 Å². The van der Waals surface area contributed by atoms with Gasteiger partial charge < -0.3 is 19.4 Å². The van der Waals surface area contributed by atoms with Crippen molar-refractivity contribution in [1.82, 2.24) is 9.36 Å². The molecular weight excluding hydrogens is 587 g/mol. The van der Waals surface area contributed by atoms with E-state index in [1.54, 1.807) is 55.1 Å². The van der Waals surface area contributed by atoms with E-state index in [-0.39, 0.29) is 39.5 Å². The molecule has 0 aliphatic rings. The summed E-state index contributed by atoms with van der Waals surface area (Å²) >= 11 is 1.96. The van der Waals surface area contributed by atoms with Crippen LogP contribution in [0, 0.1) is 10.5 Å². The summed E-state index contributed by atoms with van der Waals surface area (Å²) in [6.07, 6.45) is 0. The summed E-state index contributed by atoms with van der Waals surface area (Å²) in [6.45, 7) is 1.78. The Morgan fingerprint density at radius 2 is 1.62 bits per heavy atom. The zero-order valence-electron chi connectivity index (χ0n) is 20.2. The van der Waals surface area contributed by atoms with Gasteiger partial charge >= 0.3 is 5.63 Å². The number of phenolic OH excluding ortho intramolecular Hbond substituents is 1. The van der Waals surface area contributed by atoms with Crippen molar-refractivity contribution < 1.29 is 19.4 Å². The number of hydrogen-bond acceptors (Lipinski definition) is 6. The van der Waals surface area contributed by atoms with E-state index in [4.69, 9.17) is 9.15 Å². The van der Waals surface area contributed by atoms with Crippen molar-refractivity contribution in [3.8, 4) is 22.9 Å². The van der Waals surface area contributed by atoms with Gasteiger partial charge in [-0.05, 0) is 71.5 Å². The Balaban J connectivity index is 1.91. The minimum Gasteiger partial charge on any atom is -0.507 e. The van der Waals surface area contributed by atoms with Gasteiger partial charge in [0.15, 0.2) is 11.5 Å². The Kier molecular flexibility index (Phi) is 6.32. The van der Waals surface area contributed by atoms with Crippen LogP contribution in [0.25, 0.3) is 16.7 Å². The van der Waals surface area contributed by atoms with E-state index in [1.807, 2.05) is 52.9 Å². The lowest BCUT2D eigenvalue weighted by atomic mass is 9.84. The fourth-order valence-electron chi connectivity index (χ4n) is 4.72. The van der Waals surface area contributed by atoms with Crippen molar-refractivity contribution in [3.63, 3.8) is 0 Å². The highest BCUT2D eigenvalue weighted by molar-refractivity contribution is 14.1. The first-order valence-corrected chi connectivity index (χ1v) is 12.5. The normalized spacial score (nSPS) is 12.1. The van der Waals surface area contributed by atoms with Gasteiger partial charge in [-0.2, -0.15) is 0 Å². The smallest absolute Gasteiger partial charge is 0.344 e. The molecule has 0 spiro atoms. The molecule has 0 radical (unpaired) electrons. The molecule has 0 bridgehead atoms. The maximum Gasteiger partial charge on any atom is 0.344 e. The Morgan fingerprint density at radius 1 is 0.946 bits per heavy atom. The second-order valence-corrected chi connectivity index (χ2v) is 9.77. The predicted octanol–water partition coefficient (Wildman–Crippen LogP) is 4.80. The molecule has 1 unspecified atom stereocenters. The van der Waals surface area contributed by atoms with Crippen LogP contribution in [0.3, 0.4) is 0 Å². The topological polar surface area (TPSA) is 107 Å². The van der Waals surface area contributed by atoms with Crippen molar-refractivity contribution in [3.05, 3.63) is 113 Å². The van der Waals surface area contributed by atoms with E-state index in [2.05, 4.69) is 0 Å². The summed E-state index contributed by atoms with van der Waals surface area (Å²) in [5, 5.41) is 22.2. The third kappa shape index (κ3) is 3.99. The van der Waals surface area contributed by atoms with E-state index in [0.717, 1.165) is 0 Å². The Labute approximate surface area is 225 Å². The van der Waals surface area contributed by atoms with Crippen molar-refractivity contribution in [2.24, 2.45) is 7.05 Å². The van der Waals surface area contributed by atoms with E-state index in [0.29, 0.717) is 25.9 Å². The number of benzene rings is 3. The van der Waals surface area contributed by atoms with Crippen LogP contribution < -0.4 is 15.9 Å². The number of hydrogen-bond donors (Lipinski definition) is 2. The first kappa shape index (κ1) is 24.7. The molecule has 0 fully saturated rings. The lowest BCUT2D eigenvalue weighted by Crippen LogP contribution is -2.24. The predicted molar refractivity (Wildman–Crippen MR) is 148 cm³/mol. The molecule has 5 rings (SSSR count). The summed E-state index contributed by atoms with van der Waals surface area (Å²) in [5.41, 5.74) is 1.03. The van der Waals surface area contributed by atoms with E-state index < -0.39 is 11.5 Å². The number of rotatable bonds is 5. The molecule has 2 aromatic heterocycles. The van der Waals surface area contributed by atoms with Gasteiger partial charge in [0, 0.05) is 12.7 Å². The highest BCUT2D eigenvalue weighted by Gasteiger charge is 2.33. The van der Waals surface area contributed by atoms with Crippen LogP contribution in [0.5, 0.6) is 17.2 Å². The number of methoxy groups -OCH3 is 1. The van der Waals surface area contributed by atoms with Gasteiger partial charge in [-0.1, -0.05) is 30.3 Å². The van der Waals surface area contributed by atoms with Gasteiger partial charge in [0.2, 0.25) is 0 Å². The lowest BCUT2D eigenvalue weighted by Gasteiger charge is -2.20. The van der Waals surface area contributed by atoms with Crippen molar-refractivity contribution in [2.75, 3.05) is 7.11 Å². The Hall–Kier alpha value is -3.99. The average Bonchev–Trinajstić information content (AvgIpc) is 3.11. The lowest BCUT2D eigenvalue weighted by molar-refractivity contribution is 0.371. The zero-order valence-corrected chi connectivity index (χ0v) is 22.4. The van der Waals surface area contributed by atoms with E-state index in [9.17, 15) is 19.8 Å². The number of phenols is 1. The summed E-state index contributed by atoms with van der Waals surface area (Å²) in [6, 6.07) is 19.0. The molecular formula is C28H23IN2O6. The maximum atomic E-state index is 14.0. The van der Waals surface area contributed by atoms with Crippen LogP contribution in [0.2, 0.25) is 0 Å². The summed E-state index contributed by atoms with van der Waals surface area (Å²) < 4.78 is 14.6. The number of aromatic hydroxyl groups is 2. The molecule has 0 saturated heterocycles. The van der Waals surface area contributed by atoms with E-state index >= 15 is 0 Å². The molecule has 0 aliphatic carbocycles. The van der Waals surface area contributed by atoms with Gasteiger partial charge in [-0.3, -0.25) is 9.48 Å². The second-order valence-electron chi connectivity index (χ2n) is 8.61. The number of para-hydroxylation sites is 2. The van der Waals surface area contributed by atoms with Crippen LogP contribution in [0.4, 0.5) is 0 Å². The van der Waals surface area contributed by atoms with Crippen LogP contribution in [-0.4, -0.2) is 26.7 Å². The second kappa shape index (κ2) is 9.47. The highest BCUT2D eigenvalue weighted by atomic mass is 127. The van der Waals surface area contributed by atoms with Gasteiger partial charge in [0.05, 0.1) is 38.8 Å².